The first kappa shape index (κ1) is 12.9. The zero-order valence-corrected chi connectivity index (χ0v) is 10.8. The van der Waals surface area contributed by atoms with Gasteiger partial charge < -0.3 is 20.4 Å². The second-order valence-electron chi connectivity index (χ2n) is 5.29. The van der Waals surface area contributed by atoms with Gasteiger partial charge in [0.2, 0.25) is 5.91 Å². The van der Waals surface area contributed by atoms with Crippen LogP contribution in [-0.2, 0) is 16.0 Å². The molecule has 1 unspecified atom stereocenters. The van der Waals surface area contributed by atoms with Gasteiger partial charge in [-0.3, -0.25) is 4.79 Å². The van der Waals surface area contributed by atoms with Crippen LogP contribution in [0.1, 0.15) is 12.0 Å². The fraction of sp³-hybridized carbons (Fsp3) is 0.429. The molecular weight excluding hydrogens is 260 g/mol. The molecule has 2 aliphatic rings. The Kier molecular flexibility index (Phi) is 3.10. The van der Waals surface area contributed by atoms with Crippen LogP contribution < -0.4 is 5.32 Å². The number of para-hydroxylation sites is 1. The van der Waals surface area contributed by atoms with Gasteiger partial charge in [0, 0.05) is 25.1 Å². The fourth-order valence-electron chi connectivity index (χ4n) is 2.94. The summed E-state index contributed by atoms with van der Waals surface area (Å²) >= 11 is 0. The summed E-state index contributed by atoms with van der Waals surface area (Å²) in [6, 6.07) is 6.27. The Morgan fingerprint density at radius 1 is 1.30 bits per heavy atom. The first-order chi connectivity index (χ1) is 9.56. The minimum Gasteiger partial charge on any atom is -0.480 e. The molecule has 2 aliphatic heterocycles. The standard InChI is InChI=1S/C14H16N2O4/c17-9-6-12(14(19)20)16(7-9)13(18)11-5-8-3-1-2-4-10(8)15-11/h1-4,9,11-12,15,17H,5-7H2,(H,19,20)/t9-,11?,12-/m0/s1. The number of aliphatic hydroxyl groups is 1. The van der Waals surface area contributed by atoms with Gasteiger partial charge >= 0.3 is 5.97 Å². The highest BCUT2D eigenvalue weighted by Crippen LogP contribution is 2.28. The van der Waals surface area contributed by atoms with Crippen LogP contribution >= 0.6 is 0 Å². The summed E-state index contributed by atoms with van der Waals surface area (Å²) in [6.07, 6.45) is -0.113. The Hall–Kier alpha value is -2.08. The van der Waals surface area contributed by atoms with Crippen molar-refractivity contribution in [1.82, 2.24) is 4.90 Å². The van der Waals surface area contributed by atoms with Gasteiger partial charge in [0.05, 0.1) is 6.10 Å². The van der Waals surface area contributed by atoms with Crippen molar-refractivity contribution in [2.45, 2.75) is 31.0 Å². The summed E-state index contributed by atoms with van der Waals surface area (Å²) in [6.45, 7) is 0.0876. The smallest absolute Gasteiger partial charge is 0.326 e. The number of nitrogens with one attached hydrogen (secondary N) is 1. The molecule has 6 heteroatoms. The van der Waals surface area contributed by atoms with Gasteiger partial charge in [-0.05, 0) is 11.6 Å². The van der Waals surface area contributed by atoms with E-state index in [2.05, 4.69) is 5.32 Å². The predicted molar refractivity (Wildman–Crippen MR) is 71.3 cm³/mol. The summed E-state index contributed by atoms with van der Waals surface area (Å²) < 4.78 is 0. The van der Waals surface area contributed by atoms with E-state index in [1.54, 1.807) is 0 Å². The highest BCUT2D eigenvalue weighted by molar-refractivity contribution is 5.91. The lowest BCUT2D eigenvalue weighted by Crippen LogP contribution is -2.47. The molecule has 1 amide bonds. The average Bonchev–Trinajstić information content (AvgIpc) is 3.01. The summed E-state index contributed by atoms with van der Waals surface area (Å²) in [5.41, 5.74) is 1.97. The van der Waals surface area contributed by atoms with Crippen LogP contribution in [0.2, 0.25) is 0 Å². The van der Waals surface area contributed by atoms with E-state index >= 15 is 0 Å². The number of β-amino-alcohol motifs (C(OH)–C–C–N with tert-alkyl or cyclic N) is 1. The van der Waals surface area contributed by atoms with Crippen molar-refractivity contribution in [2.75, 3.05) is 11.9 Å². The molecule has 1 aromatic rings. The summed E-state index contributed by atoms with van der Waals surface area (Å²) in [4.78, 5) is 24.9. The fourth-order valence-corrected chi connectivity index (χ4v) is 2.94. The third kappa shape index (κ3) is 2.12. The number of rotatable bonds is 2. The molecule has 20 heavy (non-hydrogen) atoms. The molecule has 1 fully saturated rings. The molecule has 106 valence electrons. The van der Waals surface area contributed by atoms with Gasteiger partial charge in [0.25, 0.3) is 0 Å². The van der Waals surface area contributed by atoms with Gasteiger partial charge in [-0.15, -0.1) is 0 Å². The largest absolute Gasteiger partial charge is 0.480 e. The highest BCUT2D eigenvalue weighted by Gasteiger charge is 2.42. The number of anilines is 1. The Bertz CT molecular complexity index is 535. The van der Waals surface area contributed by atoms with E-state index in [0.717, 1.165) is 11.3 Å². The third-order valence-electron chi connectivity index (χ3n) is 3.92. The van der Waals surface area contributed by atoms with E-state index < -0.39 is 24.2 Å². The molecule has 3 rings (SSSR count). The van der Waals surface area contributed by atoms with Gasteiger partial charge in [0.15, 0.2) is 0 Å². The van der Waals surface area contributed by atoms with Crippen molar-refractivity contribution in [3.8, 4) is 0 Å². The quantitative estimate of drug-likeness (QED) is 0.711. The van der Waals surface area contributed by atoms with Crippen molar-refractivity contribution in [3.05, 3.63) is 29.8 Å². The minimum atomic E-state index is -1.06. The molecule has 0 bridgehead atoms. The number of hydrogen-bond acceptors (Lipinski definition) is 4. The SMILES string of the molecule is O=C(O)[C@@H]1C[C@H](O)CN1C(=O)C1Cc2ccccc2N1. The summed E-state index contributed by atoms with van der Waals surface area (Å²) in [7, 11) is 0. The average molecular weight is 276 g/mol. The number of carbonyl (C=O) groups excluding carboxylic acids is 1. The topological polar surface area (TPSA) is 89.9 Å². The second-order valence-corrected chi connectivity index (χ2v) is 5.29. The predicted octanol–water partition coefficient (Wildman–Crippen LogP) is 0.0696. The van der Waals surface area contributed by atoms with E-state index in [9.17, 15) is 14.7 Å². The lowest BCUT2D eigenvalue weighted by Gasteiger charge is -2.24. The van der Waals surface area contributed by atoms with E-state index in [1.807, 2.05) is 24.3 Å². The zero-order valence-electron chi connectivity index (χ0n) is 10.8. The van der Waals surface area contributed by atoms with Crippen molar-refractivity contribution >= 4 is 17.6 Å². The summed E-state index contributed by atoms with van der Waals surface area (Å²) in [5, 5.41) is 21.9. The third-order valence-corrected chi connectivity index (χ3v) is 3.92. The molecule has 3 N–H and O–H groups in total. The Morgan fingerprint density at radius 3 is 2.75 bits per heavy atom. The van der Waals surface area contributed by atoms with Gasteiger partial charge in [0.1, 0.15) is 12.1 Å². The van der Waals surface area contributed by atoms with Crippen LogP contribution in [0.25, 0.3) is 0 Å². The van der Waals surface area contributed by atoms with Crippen molar-refractivity contribution in [3.63, 3.8) is 0 Å². The molecule has 0 aliphatic carbocycles. The Labute approximate surface area is 116 Å². The Balaban J connectivity index is 1.76. The maximum atomic E-state index is 12.5. The first-order valence-corrected chi connectivity index (χ1v) is 6.62. The number of nitrogens with zero attached hydrogens (tertiary/aromatic N) is 1. The molecule has 0 radical (unpaired) electrons. The normalized spacial score (nSPS) is 28.1. The molecule has 1 aromatic carbocycles. The van der Waals surface area contributed by atoms with E-state index in [4.69, 9.17) is 5.11 Å². The van der Waals surface area contributed by atoms with Crippen LogP contribution in [0.4, 0.5) is 5.69 Å². The lowest BCUT2D eigenvalue weighted by molar-refractivity contribution is -0.148. The van der Waals surface area contributed by atoms with Crippen LogP contribution in [0.3, 0.4) is 0 Å². The van der Waals surface area contributed by atoms with Crippen LogP contribution in [0.5, 0.6) is 0 Å². The number of aliphatic hydroxyl groups excluding tert-OH is 1. The Morgan fingerprint density at radius 2 is 2.05 bits per heavy atom. The molecule has 0 saturated carbocycles. The number of carboxylic acid groups (broad SMARTS) is 1. The van der Waals surface area contributed by atoms with Gasteiger partial charge in [-0.1, -0.05) is 18.2 Å². The van der Waals surface area contributed by atoms with E-state index in [0.29, 0.717) is 6.42 Å². The first-order valence-electron chi connectivity index (χ1n) is 6.62. The number of hydrogen-bond donors (Lipinski definition) is 3. The van der Waals surface area contributed by atoms with Crippen LogP contribution in [0.15, 0.2) is 24.3 Å². The summed E-state index contributed by atoms with van der Waals surface area (Å²) in [5.74, 6) is -1.32. The van der Waals surface area contributed by atoms with Crippen molar-refractivity contribution < 1.29 is 19.8 Å². The minimum absolute atomic E-state index is 0.0876. The molecule has 2 heterocycles. The van der Waals surface area contributed by atoms with Crippen LogP contribution in [0, 0.1) is 0 Å². The number of carboxylic acids is 1. The maximum Gasteiger partial charge on any atom is 0.326 e. The molecular formula is C14H16N2O4. The molecule has 3 atom stereocenters. The monoisotopic (exact) mass is 276 g/mol. The molecule has 6 nitrogen and oxygen atoms in total. The highest BCUT2D eigenvalue weighted by atomic mass is 16.4. The van der Waals surface area contributed by atoms with E-state index in [-0.39, 0.29) is 18.9 Å². The maximum absolute atomic E-state index is 12.5. The number of fused-ring (bicyclic) bond motifs is 1. The number of carbonyl (C=O) groups is 2. The van der Waals surface area contributed by atoms with Crippen LogP contribution in [-0.4, -0.2) is 51.7 Å². The number of aliphatic carboxylic acids is 1. The van der Waals surface area contributed by atoms with Gasteiger partial charge in [-0.2, -0.15) is 0 Å². The second kappa shape index (κ2) is 4.79. The van der Waals surface area contributed by atoms with Crippen molar-refractivity contribution in [2.24, 2.45) is 0 Å². The molecule has 1 saturated heterocycles. The van der Waals surface area contributed by atoms with Crippen molar-refractivity contribution in [1.29, 1.82) is 0 Å². The number of amides is 1. The number of likely N-dealkylation sites (tertiary alicyclic amines) is 1. The molecule has 0 spiro atoms. The van der Waals surface area contributed by atoms with Gasteiger partial charge in [-0.25, -0.2) is 4.79 Å². The zero-order chi connectivity index (χ0) is 14.3. The molecule has 0 aromatic heterocycles. The number of benzene rings is 1. The lowest BCUT2D eigenvalue weighted by atomic mass is 10.1. The van der Waals surface area contributed by atoms with E-state index in [1.165, 1.54) is 4.90 Å².